The molecular formula is H6AsGa3NSb. The molecule has 0 aromatic rings. The molecule has 30 valence electrons. The monoisotopic (exact) mass is 423 g/mol. The van der Waals surface area contributed by atoms with Gasteiger partial charge in [0, 0.05) is 0 Å². The number of hydrogen-bond donors (Lipinski definition) is 0. The van der Waals surface area contributed by atoms with Gasteiger partial charge in [0.15, 0.2) is 0 Å². The molecule has 6 heteroatoms. The molecule has 0 bridgehead atoms. The van der Waals surface area contributed by atoms with Crippen LogP contribution in [-0.4, -0.2) is 102 Å². The summed E-state index contributed by atoms with van der Waals surface area (Å²) in [5.74, 6) is 0. The van der Waals surface area contributed by atoms with E-state index in [9.17, 15) is 0 Å². The van der Waals surface area contributed by atoms with Crippen molar-refractivity contribution in [3.05, 3.63) is 6.15 Å². The Kier molecular flexibility index (Phi) is 409. The number of hydrogen-bond acceptors (Lipinski definition) is 0. The SMILES string of the molecule is [As-3].[Ga+3].[Ga+3].[Ga+3].[N-3].[SbH6-3]. The fourth-order valence-corrected chi connectivity index (χ4v) is 0. The Morgan fingerprint density at radius 3 is 0.667 bits per heavy atom. The van der Waals surface area contributed by atoms with Gasteiger partial charge in [-0.2, -0.15) is 0 Å². The van der Waals surface area contributed by atoms with Crippen LogP contribution in [0.25, 0.3) is 6.15 Å². The molecule has 0 aromatic heterocycles. The van der Waals surface area contributed by atoms with Gasteiger partial charge in [-0.25, -0.2) is 0 Å². The first-order valence-corrected chi connectivity index (χ1v) is 0. The van der Waals surface area contributed by atoms with E-state index in [1.165, 1.54) is 0 Å². The van der Waals surface area contributed by atoms with E-state index in [-0.39, 0.29) is 108 Å². The zero-order valence-electron chi connectivity index (χ0n) is 2.63. The second kappa shape index (κ2) is 41.1. The standard InChI is InChI=1S/As.3Ga.N.Sb.6H/q-3;3*+3;2*-3;;;;;;. The van der Waals surface area contributed by atoms with Crippen molar-refractivity contribution >= 4 is 102 Å². The van der Waals surface area contributed by atoms with Crippen molar-refractivity contribution in [3.8, 4) is 0 Å². The van der Waals surface area contributed by atoms with E-state index < -0.39 is 0 Å². The first kappa shape index (κ1) is 59.7. The number of nitrogens with zero attached hydrogens (tertiary/aromatic N) is 1. The van der Waals surface area contributed by atoms with Crippen molar-refractivity contribution in [2.45, 2.75) is 0 Å². The fourth-order valence-electron chi connectivity index (χ4n) is 0. The summed E-state index contributed by atoms with van der Waals surface area (Å²) in [7, 11) is 0. The van der Waals surface area contributed by atoms with Gasteiger partial charge in [0.25, 0.3) is 0 Å². The van der Waals surface area contributed by atoms with Crippen LogP contribution in [0.2, 0.25) is 0 Å². The molecule has 0 heterocycles. The third kappa shape index (κ3) is 26.8. The predicted octanol–water partition coefficient (Wildman–Crippen LogP) is -3.22. The minimum absolute atomic E-state index is 0. The van der Waals surface area contributed by atoms with E-state index in [1.54, 1.807) is 0 Å². The van der Waals surface area contributed by atoms with Gasteiger partial charge in [-0.05, 0) is 0 Å². The molecule has 0 aliphatic rings. The summed E-state index contributed by atoms with van der Waals surface area (Å²) in [6.45, 7) is 0. The normalized spacial score (nSPS) is 0. The van der Waals surface area contributed by atoms with Gasteiger partial charge < -0.3 is 24.1 Å². The molecule has 0 aliphatic heterocycles. The molecule has 0 fully saturated rings. The van der Waals surface area contributed by atoms with Gasteiger partial charge in [0.1, 0.15) is 0 Å². The molecule has 1 nitrogen and oxygen atoms in total. The van der Waals surface area contributed by atoms with E-state index >= 15 is 0 Å². The van der Waals surface area contributed by atoms with Crippen molar-refractivity contribution in [2.75, 3.05) is 0 Å². The van der Waals surface area contributed by atoms with Gasteiger partial charge >= 0.3 is 83.8 Å². The third-order valence-electron chi connectivity index (χ3n) is 0. The van der Waals surface area contributed by atoms with Crippen molar-refractivity contribution in [3.63, 3.8) is 0 Å². The van der Waals surface area contributed by atoms with Crippen molar-refractivity contribution < 1.29 is 0 Å². The minimum atomic E-state index is 0. The van der Waals surface area contributed by atoms with Gasteiger partial charge in [-0.1, -0.05) is 0 Å². The molecule has 0 rings (SSSR count). The van der Waals surface area contributed by atoms with Gasteiger partial charge in [0.2, 0.25) is 0 Å². The van der Waals surface area contributed by atoms with Crippen molar-refractivity contribution in [1.29, 1.82) is 0 Å². The molecule has 0 spiro atoms. The van der Waals surface area contributed by atoms with Crippen molar-refractivity contribution in [2.24, 2.45) is 0 Å². The molecule has 0 amide bonds. The van der Waals surface area contributed by atoms with E-state index in [0.717, 1.165) is 0 Å². The van der Waals surface area contributed by atoms with E-state index in [1.807, 2.05) is 0 Å². The van der Waals surface area contributed by atoms with Crippen LogP contribution in [0.4, 0.5) is 0 Å². The van der Waals surface area contributed by atoms with Gasteiger partial charge in [-0.15, -0.1) is 0 Å². The second-order valence-electron chi connectivity index (χ2n) is 0. The molecular weight excluding hydrogens is 420 g/mol. The predicted molar refractivity (Wildman–Crippen MR) is 40.5 cm³/mol. The van der Waals surface area contributed by atoms with Crippen LogP contribution >= 0.6 is 0 Å². The van der Waals surface area contributed by atoms with Crippen LogP contribution in [0.1, 0.15) is 0 Å². The Balaban J connectivity index is 0. The van der Waals surface area contributed by atoms with Crippen LogP contribution < -0.4 is 0 Å². The summed E-state index contributed by atoms with van der Waals surface area (Å²) in [6, 6.07) is 0. The van der Waals surface area contributed by atoms with Crippen LogP contribution in [0.5, 0.6) is 0 Å². The first-order chi connectivity index (χ1) is 0. The summed E-state index contributed by atoms with van der Waals surface area (Å²) >= 11 is 0. The average molecular weight is 426 g/mol. The first-order valence-electron chi connectivity index (χ1n) is 0. The fraction of sp³-hybridized carbons (Fsp3) is 0. The van der Waals surface area contributed by atoms with E-state index in [0.29, 0.717) is 0 Å². The zero-order valence-corrected chi connectivity index (χ0v) is 11.8. The van der Waals surface area contributed by atoms with Crippen LogP contribution in [-0.2, 0) is 0 Å². The number of rotatable bonds is 0. The zero-order chi connectivity index (χ0) is 0. The summed E-state index contributed by atoms with van der Waals surface area (Å²) in [6.07, 6.45) is 0. The molecule has 6 heavy (non-hydrogen) atoms. The van der Waals surface area contributed by atoms with Gasteiger partial charge in [-0.3, -0.25) is 0 Å². The Hall–Kier alpha value is 3.25. The summed E-state index contributed by atoms with van der Waals surface area (Å²) in [4.78, 5) is 0. The Morgan fingerprint density at radius 2 is 0.667 bits per heavy atom. The maximum absolute atomic E-state index is 0. The molecule has 0 saturated carbocycles. The quantitative estimate of drug-likeness (QED) is 0.366. The van der Waals surface area contributed by atoms with Gasteiger partial charge in [0.05, 0.1) is 0 Å². The summed E-state index contributed by atoms with van der Waals surface area (Å²) < 4.78 is 0. The molecule has 0 radical (unpaired) electrons. The molecule has 0 N–H and O–H groups in total. The average Bonchev–Trinajstić information content (AvgIpc) is 0. The van der Waals surface area contributed by atoms with Crippen LogP contribution in [0.15, 0.2) is 0 Å². The maximum atomic E-state index is 0. The Bertz CT molecular complexity index is 10.8. The van der Waals surface area contributed by atoms with E-state index in [4.69, 9.17) is 0 Å². The molecule has 0 unspecified atom stereocenters. The second-order valence-corrected chi connectivity index (χ2v) is 0. The van der Waals surface area contributed by atoms with Crippen molar-refractivity contribution in [1.82, 2.24) is 0 Å². The van der Waals surface area contributed by atoms with Crippen LogP contribution in [0.3, 0.4) is 0 Å². The Labute approximate surface area is 106 Å². The Morgan fingerprint density at radius 1 is 0.667 bits per heavy atom. The molecule has 0 atom stereocenters. The summed E-state index contributed by atoms with van der Waals surface area (Å²) in [5, 5.41) is 0. The van der Waals surface area contributed by atoms with E-state index in [2.05, 4.69) is 0 Å². The third-order valence-corrected chi connectivity index (χ3v) is 0. The molecule has 0 aliphatic carbocycles. The molecule has 0 saturated heterocycles. The van der Waals surface area contributed by atoms with Crippen LogP contribution in [0, 0.1) is 0 Å². The summed E-state index contributed by atoms with van der Waals surface area (Å²) in [5.41, 5.74) is 0. The topological polar surface area (TPSA) is 30.5 Å². The molecule has 0 aromatic carbocycles.